The molecule has 0 radical (unpaired) electrons. The lowest BCUT2D eigenvalue weighted by molar-refractivity contribution is 0.922. The fraction of sp³-hybridized carbons (Fsp3) is 0.130. The molecule has 6 nitrogen and oxygen atoms in total. The van der Waals surface area contributed by atoms with Gasteiger partial charge in [-0.2, -0.15) is 5.10 Å². The minimum absolute atomic E-state index is 0.739. The highest BCUT2D eigenvalue weighted by Crippen LogP contribution is 2.33. The van der Waals surface area contributed by atoms with Gasteiger partial charge in [0.1, 0.15) is 5.71 Å². The van der Waals surface area contributed by atoms with Gasteiger partial charge in [0.25, 0.3) is 0 Å². The summed E-state index contributed by atoms with van der Waals surface area (Å²) < 4.78 is 0. The predicted molar refractivity (Wildman–Crippen MR) is 120 cm³/mol. The molecule has 1 aliphatic rings. The van der Waals surface area contributed by atoms with Crippen LogP contribution in [0.25, 0.3) is 32.7 Å². The SMILES string of the molecule is Cc1ccc(-c2cccc3[nH]c(C4=NCCc5ccc(-c6cn[nH]c6)nc54)nc23)s1. The lowest BCUT2D eigenvalue weighted by atomic mass is 10.0. The van der Waals surface area contributed by atoms with Crippen molar-refractivity contribution in [2.24, 2.45) is 4.99 Å². The molecule has 4 aromatic heterocycles. The van der Waals surface area contributed by atoms with Crippen molar-refractivity contribution in [3.05, 3.63) is 76.8 Å². The maximum Gasteiger partial charge on any atom is 0.159 e. The number of nitrogens with zero attached hydrogens (tertiary/aromatic N) is 4. The van der Waals surface area contributed by atoms with Gasteiger partial charge in [0.05, 0.1) is 28.6 Å². The van der Waals surface area contributed by atoms with Crippen LogP contribution >= 0.6 is 11.3 Å². The Kier molecular flexibility index (Phi) is 3.89. The second kappa shape index (κ2) is 6.74. The summed E-state index contributed by atoms with van der Waals surface area (Å²) in [6.45, 7) is 2.87. The van der Waals surface area contributed by atoms with Gasteiger partial charge in [0.15, 0.2) is 5.82 Å². The molecular formula is C23H18N6S. The average Bonchev–Trinajstić information content (AvgIpc) is 3.53. The normalized spacial score (nSPS) is 13.4. The van der Waals surface area contributed by atoms with Crippen molar-refractivity contribution in [3.63, 3.8) is 0 Å². The monoisotopic (exact) mass is 410 g/mol. The molecule has 5 heterocycles. The Labute approximate surface area is 176 Å². The smallest absolute Gasteiger partial charge is 0.159 e. The molecule has 0 spiro atoms. The van der Waals surface area contributed by atoms with E-state index in [0.29, 0.717) is 0 Å². The molecular weight excluding hydrogens is 392 g/mol. The van der Waals surface area contributed by atoms with Crippen molar-refractivity contribution < 1.29 is 0 Å². The lowest BCUT2D eigenvalue weighted by Gasteiger charge is -2.15. The van der Waals surface area contributed by atoms with Gasteiger partial charge in [-0.15, -0.1) is 11.3 Å². The number of para-hydroxylation sites is 1. The van der Waals surface area contributed by atoms with Crippen LogP contribution in [0, 0.1) is 6.92 Å². The minimum Gasteiger partial charge on any atom is -0.337 e. The second-order valence-corrected chi connectivity index (χ2v) is 8.66. The first-order valence-corrected chi connectivity index (χ1v) is 10.7. The van der Waals surface area contributed by atoms with Crippen LogP contribution in [0.4, 0.5) is 0 Å². The Balaban J connectivity index is 1.49. The molecule has 7 heteroatoms. The van der Waals surface area contributed by atoms with Crippen molar-refractivity contribution in [2.45, 2.75) is 13.3 Å². The van der Waals surface area contributed by atoms with Crippen molar-refractivity contribution in [3.8, 4) is 21.7 Å². The summed E-state index contributed by atoms with van der Waals surface area (Å²) in [5, 5.41) is 6.90. The van der Waals surface area contributed by atoms with E-state index in [-0.39, 0.29) is 0 Å². The Hall–Kier alpha value is -3.58. The van der Waals surface area contributed by atoms with Gasteiger partial charge in [0.2, 0.25) is 0 Å². The molecule has 0 atom stereocenters. The molecule has 2 N–H and O–H groups in total. The highest BCUT2D eigenvalue weighted by atomic mass is 32.1. The summed E-state index contributed by atoms with van der Waals surface area (Å²) >= 11 is 1.78. The van der Waals surface area contributed by atoms with Crippen molar-refractivity contribution in [1.29, 1.82) is 0 Å². The maximum atomic E-state index is 4.98. The van der Waals surface area contributed by atoms with E-state index in [1.54, 1.807) is 17.5 Å². The number of H-pyrrole nitrogens is 2. The molecule has 0 unspecified atom stereocenters. The molecule has 0 saturated heterocycles. The van der Waals surface area contributed by atoms with E-state index in [2.05, 4.69) is 58.5 Å². The van der Waals surface area contributed by atoms with E-state index in [1.165, 1.54) is 15.3 Å². The van der Waals surface area contributed by atoms with Crippen LogP contribution in [0.2, 0.25) is 0 Å². The number of pyridine rings is 1. The number of hydrogen-bond donors (Lipinski definition) is 2. The first kappa shape index (κ1) is 17.3. The van der Waals surface area contributed by atoms with Gasteiger partial charge in [0, 0.05) is 33.6 Å². The van der Waals surface area contributed by atoms with E-state index >= 15 is 0 Å². The van der Waals surface area contributed by atoms with Crippen LogP contribution in [0.1, 0.15) is 22.0 Å². The average molecular weight is 411 g/mol. The fourth-order valence-corrected chi connectivity index (χ4v) is 4.81. The number of aliphatic imine (C=N–C) groups is 1. The first-order valence-electron chi connectivity index (χ1n) is 9.86. The lowest BCUT2D eigenvalue weighted by Crippen LogP contribution is -2.17. The fourth-order valence-electron chi connectivity index (χ4n) is 3.92. The van der Waals surface area contributed by atoms with Gasteiger partial charge < -0.3 is 4.98 Å². The molecule has 0 saturated carbocycles. The number of rotatable bonds is 3. The minimum atomic E-state index is 0.739. The predicted octanol–water partition coefficient (Wildman–Crippen LogP) is 4.78. The van der Waals surface area contributed by atoms with E-state index in [0.717, 1.165) is 58.0 Å². The Bertz CT molecular complexity index is 1410. The van der Waals surface area contributed by atoms with Gasteiger partial charge in [-0.05, 0) is 43.2 Å². The van der Waals surface area contributed by atoms with E-state index in [4.69, 9.17) is 15.0 Å². The number of fused-ring (bicyclic) bond motifs is 2. The van der Waals surface area contributed by atoms with Crippen molar-refractivity contribution >= 4 is 28.1 Å². The molecule has 0 bridgehead atoms. The molecule has 0 fully saturated rings. The molecule has 0 aliphatic carbocycles. The quantitative estimate of drug-likeness (QED) is 0.449. The van der Waals surface area contributed by atoms with E-state index in [9.17, 15) is 0 Å². The number of thiophene rings is 1. The highest BCUT2D eigenvalue weighted by Gasteiger charge is 2.22. The van der Waals surface area contributed by atoms with Crippen LogP contribution in [0.15, 0.2) is 59.9 Å². The summed E-state index contributed by atoms with van der Waals surface area (Å²) in [7, 11) is 0. The van der Waals surface area contributed by atoms with E-state index < -0.39 is 0 Å². The molecule has 5 aromatic rings. The zero-order valence-electron chi connectivity index (χ0n) is 16.3. The number of nitrogens with one attached hydrogen (secondary N) is 2. The number of hydrogen-bond acceptors (Lipinski definition) is 5. The van der Waals surface area contributed by atoms with Gasteiger partial charge in [-0.25, -0.2) is 9.97 Å². The largest absolute Gasteiger partial charge is 0.337 e. The Morgan fingerprint density at radius 2 is 2.00 bits per heavy atom. The van der Waals surface area contributed by atoms with Crippen LogP contribution in [0.3, 0.4) is 0 Å². The Morgan fingerprint density at radius 3 is 2.83 bits per heavy atom. The zero-order chi connectivity index (χ0) is 20.1. The Morgan fingerprint density at radius 1 is 1.03 bits per heavy atom. The summed E-state index contributed by atoms with van der Waals surface area (Å²) in [5.74, 6) is 0.767. The zero-order valence-corrected chi connectivity index (χ0v) is 17.1. The van der Waals surface area contributed by atoms with Crippen LogP contribution in [-0.2, 0) is 6.42 Å². The van der Waals surface area contributed by atoms with Gasteiger partial charge >= 0.3 is 0 Å². The third-order valence-corrected chi connectivity index (χ3v) is 6.42. The number of aryl methyl sites for hydroxylation is 1. The molecule has 30 heavy (non-hydrogen) atoms. The molecule has 0 amide bonds. The standard InChI is InChI=1S/C23H18N6S/c1-13-5-8-19(30-13)16-3-2-4-18-21(16)29-23(28-18)22-20-14(9-10-24-22)6-7-17(27-20)15-11-25-26-12-15/h2-8,11-12H,9-10H2,1H3,(H,25,26)(H,28,29). The third kappa shape index (κ3) is 2.78. The third-order valence-electron chi connectivity index (χ3n) is 5.39. The first-order chi connectivity index (χ1) is 14.8. The number of aromatic amines is 2. The van der Waals surface area contributed by atoms with Gasteiger partial charge in [-0.1, -0.05) is 18.2 Å². The topological polar surface area (TPSA) is 82.6 Å². The van der Waals surface area contributed by atoms with Crippen LogP contribution in [0.5, 0.6) is 0 Å². The van der Waals surface area contributed by atoms with Crippen LogP contribution in [-0.4, -0.2) is 37.4 Å². The summed E-state index contributed by atoms with van der Waals surface area (Å²) in [6.07, 6.45) is 4.52. The molecule has 1 aromatic carbocycles. The number of aromatic nitrogens is 5. The molecule has 6 rings (SSSR count). The van der Waals surface area contributed by atoms with Crippen molar-refractivity contribution in [2.75, 3.05) is 6.54 Å². The summed E-state index contributed by atoms with van der Waals surface area (Å²) in [4.78, 5) is 20.7. The summed E-state index contributed by atoms with van der Waals surface area (Å²) in [5.41, 5.74) is 7.88. The molecule has 1 aliphatic heterocycles. The van der Waals surface area contributed by atoms with Crippen molar-refractivity contribution in [1.82, 2.24) is 25.1 Å². The molecule has 146 valence electrons. The van der Waals surface area contributed by atoms with Gasteiger partial charge in [-0.3, -0.25) is 10.1 Å². The van der Waals surface area contributed by atoms with Crippen LogP contribution < -0.4 is 0 Å². The number of benzene rings is 1. The second-order valence-electron chi connectivity index (χ2n) is 7.37. The van der Waals surface area contributed by atoms with E-state index in [1.807, 2.05) is 12.3 Å². The number of imidazole rings is 1. The highest BCUT2D eigenvalue weighted by molar-refractivity contribution is 7.15. The summed E-state index contributed by atoms with van der Waals surface area (Å²) in [6, 6.07) is 14.8. The maximum absolute atomic E-state index is 4.98.